The Morgan fingerprint density at radius 3 is 2.85 bits per heavy atom. The number of carbonyl (C=O) groups is 1. The van der Waals surface area contributed by atoms with E-state index in [9.17, 15) is 4.79 Å². The Kier molecular flexibility index (Phi) is 4.29. The number of halogens is 1. The first-order valence-corrected chi connectivity index (χ1v) is 6.65. The molecule has 6 heteroatoms. The first kappa shape index (κ1) is 14.4. The van der Waals surface area contributed by atoms with Crippen molar-refractivity contribution in [3.63, 3.8) is 0 Å². The molecule has 1 aromatic heterocycles. The Morgan fingerprint density at radius 1 is 1.50 bits per heavy atom. The Bertz CT molecular complexity index is 637. The minimum absolute atomic E-state index is 0.185. The van der Waals surface area contributed by atoms with Gasteiger partial charge in [0.05, 0.1) is 24.0 Å². The standard InChI is InChI=1S/C14H16ClN3O2/c1-3-6-18-13(12(20-2)8-17-18)14(19)9-4-5-11(16)10(15)7-9/h4-5,7-8H,3,6,16H2,1-2H3. The van der Waals surface area contributed by atoms with Crippen LogP contribution in [0.5, 0.6) is 5.75 Å². The van der Waals surface area contributed by atoms with Gasteiger partial charge >= 0.3 is 0 Å². The second kappa shape index (κ2) is 5.96. The van der Waals surface area contributed by atoms with Gasteiger partial charge in [0, 0.05) is 12.1 Å². The lowest BCUT2D eigenvalue weighted by Crippen LogP contribution is -2.12. The number of anilines is 1. The Hall–Kier alpha value is -2.01. The van der Waals surface area contributed by atoms with Crippen molar-refractivity contribution < 1.29 is 9.53 Å². The zero-order valence-electron chi connectivity index (χ0n) is 11.4. The van der Waals surface area contributed by atoms with Crippen LogP contribution in [0.3, 0.4) is 0 Å². The number of carbonyl (C=O) groups excluding carboxylic acids is 1. The molecule has 2 N–H and O–H groups in total. The fourth-order valence-corrected chi connectivity index (χ4v) is 2.11. The normalized spacial score (nSPS) is 10.6. The first-order valence-electron chi connectivity index (χ1n) is 6.28. The predicted molar refractivity (Wildman–Crippen MR) is 78.4 cm³/mol. The van der Waals surface area contributed by atoms with Crippen molar-refractivity contribution in [2.24, 2.45) is 0 Å². The molecule has 1 aromatic carbocycles. The maximum Gasteiger partial charge on any atom is 0.214 e. The van der Waals surface area contributed by atoms with Crippen LogP contribution in [0.4, 0.5) is 5.69 Å². The van der Waals surface area contributed by atoms with Crippen molar-refractivity contribution in [1.82, 2.24) is 9.78 Å². The number of aromatic nitrogens is 2. The summed E-state index contributed by atoms with van der Waals surface area (Å²) >= 11 is 5.96. The lowest BCUT2D eigenvalue weighted by Gasteiger charge is -2.08. The average Bonchev–Trinajstić information content (AvgIpc) is 2.84. The second-order valence-corrected chi connectivity index (χ2v) is 4.76. The van der Waals surface area contributed by atoms with Crippen molar-refractivity contribution in [3.05, 3.63) is 40.7 Å². The van der Waals surface area contributed by atoms with Gasteiger partial charge in [-0.1, -0.05) is 18.5 Å². The largest absolute Gasteiger partial charge is 0.493 e. The molecule has 0 unspecified atom stereocenters. The maximum absolute atomic E-state index is 12.6. The highest BCUT2D eigenvalue weighted by atomic mass is 35.5. The first-order chi connectivity index (χ1) is 9.58. The van der Waals surface area contributed by atoms with Crippen molar-refractivity contribution in [3.8, 4) is 5.75 Å². The van der Waals surface area contributed by atoms with E-state index in [1.54, 1.807) is 29.1 Å². The SMILES string of the molecule is CCCn1ncc(OC)c1C(=O)c1ccc(N)c(Cl)c1. The van der Waals surface area contributed by atoms with Crippen molar-refractivity contribution in [2.75, 3.05) is 12.8 Å². The molecule has 0 bridgehead atoms. The fraction of sp³-hybridized carbons (Fsp3) is 0.286. The number of ether oxygens (including phenoxy) is 1. The summed E-state index contributed by atoms with van der Waals surface area (Å²) in [4.78, 5) is 12.6. The predicted octanol–water partition coefficient (Wildman–Crippen LogP) is 2.77. The molecule has 106 valence electrons. The van der Waals surface area contributed by atoms with Crippen LogP contribution in [0.25, 0.3) is 0 Å². The van der Waals surface area contributed by atoms with Gasteiger partial charge in [-0.3, -0.25) is 9.48 Å². The molecular formula is C14H16ClN3O2. The Morgan fingerprint density at radius 2 is 2.25 bits per heavy atom. The topological polar surface area (TPSA) is 70.1 Å². The van der Waals surface area contributed by atoms with E-state index in [4.69, 9.17) is 22.1 Å². The summed E-state index contributed by atoms with van der Waals surface area (Å²) in [6.45, 7) is 2.66. The summed E-state index contributed by atoms with van der Waals surface area (Å²) in [6, 6.07) is 4.82. The van der Waals surface area contributed by atoms with E-state index in [0.29, 0.717) is 34.3 Å². The lowest BCUT2D eigenvalue weighted by atomic mass is 10.1. The third-order valence-corrected chi connectivity index (χ3v) is 3.27. The molecule has 0 atom stereocenters. The van der Waals surface area contributed by atoms with Crippen LogP contribution in [-0.4, -0.2) is 22.7 Å². The molecule has 0 aliphatic heterocycles. The fourth-order valence-electron chi connectivity index (χ4n) is 1.93. The highest BCUT2D eigenvalue weighted by Crippen LogP contribution is 2.25. The van der Waals surface area contributed by atoms with Crippen molar-refractivity contribution in [1.29, 1.82) is 0 Å². The molecule has 1 heterocycles. The monoisotopic (exact) mass is 293 g/mol. The molecule has 0 saturated carbocycles. The molecular weight excluding hydrogens is 278 g/mol. The molecule has 2 aromatic rings. The van der Waals surface area contributed by atoms with Crippen LogP contribution in [0.2, 0.25) is 5.02 Å². The van der Waals surface area contributed by atoms with Crippen LogP contribution in [-0.2, 0) is 6.54 Å². The number of aryl methyl sites for hydroxylation is 1. The number of hydrogen-bond acceptors (Lipinski definition) is 4. The molecule has 20 heavy (non-hydrogen) atoms. The zero-order valence-corrected chi connectivity index (χ0v) is 12.1. The van der Waals surface area contributed by atoms with Gasteiger partial charge in [-0.05, 0) is 24.6 Å². The number of benzene rings is 1. The summed E-state index contributed by atoms with van der Waals surface area (Å²) < 4.78 is 6.85. The van der Waals surface area contributed by atoms with Crippen molar-refractivity contribution in [2.45, 2.75) is 19.9 Å². The third-order valence-electron chi connectivity index (χ3n) is 2.94. The number of methoxy groups -OCH3 is 1. The third kappa shape index (κ3) is 2.63. The maximum atomic E-state index is 12.6. The number of hydrogen-bond donors (Lipinski definition) is 1. The second-order valence-electron chi connectivity index (χ2n) is 4.35. The van der Waals surface area contributed by atoms with E-state index >= 15 is 0 Å². The molecule has 0 amide bonds. The number of nitrogen functional groups attached to an aromatic ring is 1. The van der Waals surface area contributed by atoms with E-state index in [0.717, 1.165) is 6.42 Å². The molecule has 0 spiro atoms. The molecule has 5 nitrogen and oxygen atoms in total. The Balaban J connectivity index is 2.46. The van der Waals surface area contributed by atoms with Gasteiger partial charge in [0.1, 0.15) is 0 Å². The summed E-state index contributed by atoms with van der Waals surface area (Å²) in [5.41, 5.74) is 6.98. The van der Waals surface area contributed by atoms with Gasteiger partial charge in [-0.2, -0.15) is 5.10 Å². The van der Waals surface area contributed by atoms with Gasteiger partial charge in [-0.25, -0.2) is 0 Å². The Labute approximate surface area is 122 Å². The highest BCUT2D eigenvalue weighted by Gasteiger charge is 2.21. The highest BCUT2D eigenvalue weighted by molar-refractivity contribution is 6.33. The molecule has 0 aliphatic rings. The minimum Gasteiger partial charge on any atom is -0.493 e. The molecule has 0 saturated heterocycles. The smallest absolute Gasteiger partial charge is 0.214 e. The molecule has 0 radical (unpaired) electrons. The van der Waals surface area contributed by atoms with Crippen LogP contribution < -0.4 is 10.5 Å². The molecule has 0 fully saturated rings. The number of nitrogens with two attached hydrogens (primary N) is 1. The van der Waals surface area contributed by atoms with Gasteiger partial charge < -0.3 is 10.5 Å². The van der Waals surface area contributed by atoms with Gasteiger partial charge in [-0.15, -0.1) is 0 Å². The van der Waals surface area contributed by atoms with Crippen LogP contribution in [0, 0.1) is 0 Å². The molecule has 2 rings (SSSR count). The van der Waals surface area contributed by atoms with Crippen LogP contribution in [0.1, 0.15) is 29.4 Å². The number of nitrogens with zero attached hydrogens (tertiary/aromatic N) is 2. The summed E-state index contributed by atoms with van der Waals surface area (Å²) in [7, 11) is 1.51. The minimum atomic E-state index is -0.185. The molecule has 0 aliphatic carbocycles. The quantitative estimate of drug-likeness (QED) is 0.680. The van der Waals surface area contributed by atoms with E-state index in [-0.39, 0.29) is 5.78 Å². The van der Waals surface area contributed by atoms with Gasteiger partial charge in [0.25, 0.3) is 0 Å². The van der Waals surface area contributed by atoms with E-state index < -0.39 is 0 Å². The average molecular weight is 294 g/mol. The summed E-state index contributed by atoms with van der Waals surface area (Å²) in [6.07, 6.45) is 2.41. The summed E-state index contributed by atoms with van der Waals surface area (Å²) in [5.74, 6) is 0.270. The van der Waals surface area contributed by atoms with Gasteiger partial charge in [0.15, 0.2) is 11.4 Å². The lowest BCUT2D eigenvalue weighted by molar-refractivity contribution is 0.102. The van der Waals surface area contributed by atoms with E-state index in [1.807, 2.05) is 6.92 Å². The number of rotatable bonds is 5. The van der Waals surface area contributed by atoms with Gasteiger partial charge in [0.2, 0.25) is 5.78 Å². The van der Waals surface area contributed by atoms with Crippen LogP contribution in [0.15, 0.2) is 24.4 Å². The van der Waals surface area contributed by atoms with Crippen molar-refractivity contribution >= 4 is 23.1 Å². The number of ketones is 1. The summed E-state index contributed by atoms with van der Waals surface area (Å²) in [5, 5.41) is 4.53. The zero-order chi connectivity index (χ0) is 14.7. The van der Waals surface area contributed by atoms with E-state index in [2.05, 4.69) is 5.10 Å². The van der Waals surface area contributed by atoms with E-state index in [1.165, 1.54) is 7.11 Å². The van der Waals surface area contributed by atoms with Crippen LogP contribution >= 0.6 is 11.6 Å².